The van der Waals surface area contributed by atoms with Crippen molar-refractivity contribution in [3.05, 3.63) is 57.7 Å². The van der Waals surface area contributed by atoms with Gasteiger partial charge in [-0.2, -0.15) is 0 Å². The summed E-state index contributed by atoms with van der Waals surface area (Å²) in [6.45, 7) is 2.00. The summed E-state index contributed by atoms with van der Waals surface area (Å²) < 4.78 is 10.6. The minimum atomic E-state index is 0. The van der Waals surface area contributed by atoms with Crippen molar-refractivity contribution in [2.75, 3.05) is 27.4 Å². The number of nitrogens with zero attached hydrogens (tertiary/aromatic N) is 2. The third-order valence-corrected chi connectivity index (χ3v) is 4.09. The molecule has 1 aromatic heterocycles. The van der Waals surface area contributed by atoms with Crippen LogP contribution in [0.15, 0.2) is 41.5 Å². The highest BCUT2D eigenvalue weighted by atomic mass is 127. The standard InChI is InChI=1S/C18H22Cl2N4O2.HI/c1-21-18(23-11-13-5-6-15(19)10-16(13)20)24-12-14-4-3-7-22-17(14)26-9-8-25-2;/h3-7,10H,8-9,11-12H2,1-2H3,(H2,21,23,24);1H. The van der Waals surface area contributed by atoms with Crippen LogP contribution < -0.4 is 15.4 Å². The quantitative estimate of drug-likeness (QED) is 0.237. The number of rotatable bonds is 8. The third-order valence-electron chi connectivity index (χ3n) is 3.51. The molecule has 0 fully saturated rings. The molecule has 148 valence electrons. The van der Waals surface area contributed by atoms with Gasteiger partial charge in [0.1, 0.15) is 6.61 Å². The molecule has 27 heavy (non-hydrogen) atoms. The summed E-state index contributed by atoms with van der Waals surface area (Å²) in [4.78, 5) is 8.47. The molecule has 0 bridgehead atoms. The van der Waals surface area contributed by atoms with E-state index < -0.39 is 0 Å². The molecule has 1 aromatic carbocycles. The number of halogens is 3. The fourth-order valence-electron chi connectivity index (χ4n) is 2.15. The van der Waals surface area contributed by atoms with Crippen molar-refractivity contribution >= 4 is 53.1 Å². The topological polar surface area (TPSA) is 67.8 Å². The van der Waals surface area contributed by atoms with Crippen molar-refractivity contribution in [3.63, 3.8) is 0 Å². The normalized spacial score (nSPS) is 10.9. The van der Waals surface area contributed by atoms with Gasteiger partial charge in [-0.1, -0.05) is 35.3 Å². The van der Waals surface area contributed by atoms with Gasteiger partial charge in [-0.15, -0.1) is 24.0 Å². The molecule has 6 nitrogen and oxygen atoms in total. The SMILES string of the molecule is CN=C(NCc1ccc(Cl)cc1Cl)NCc1cccnc1OCCOC.I. The number of nitrogens with one attached hydrogen (secondary N) is 2. The molecular formula is C18H23Cl2IN4O2. The molecule has 0 radical (unpaired) electrons. The number of aliphatic imine (C=N–C) groups is 1. The molecule has 2 aromatic rings. The van der Waals surface area contributed by atoms with Gasteiger partial charge in [0.05, 0.1) is 6.61 Å². The van der Waals surface area contributed by atoms with Gasteiger partial charge in [0.2, 0.25) is 5.88 Å². The van der Waals surface area contributed by atoms with Crippen LogP contribution in [0.4, 0.5) is 0 Å². The number of benzene rings is 1. The minimum absolute atomic E-state index is 0. The maximum absolute atomic E-state index is 6.19. The van der Waals surface area contributed by atoms with Gasteiger partial charge >= 0.3 is 0 Å². The molecule has 9 heteroatoms. The van der Waals surface area contributed by atoms with Crippen LogP contribution in [-0.2, 0) is 17.8 Å². The molecule has 0 unspecified atom stereocenters. The van der Waals surface area contributed by atoms with Gasteiger partial charge < -0.3 is 20.1 Å². The highest BCUT2D eigenvalue weighted by molar-refractivity contribution is 14.0. The molecule has 1 heterocycles. The van der Waals surface area contributed by atoms with Crippen LogP contribution in [0, 0.1) is 0 Å². The van der Waals surface area contributed by atoms with E-state index in [1.165, 1.54) is 0 Å². The molecule has 0 aliphatic heterocycles. The molecule has 0 saturated heterocycles. The Bertz CT molecular complexity index is 747. The van der Waals surface area contributed by atoms with Crippen LogP contribution in [-0.4, -0.2) is 38.3 Å². The second-order valence-electron chi connectivity index (χ2n) is 5.32. The third kappa shape index (κ3) is 8.08. The average molecular weight is 525 g/mol. The fraction of sp³-hybridized carbons (Fsp3) is 0.333. The minimum Gasteiger partial charge on any atom is -0.475 e. The van der Waals surface area contributed by atoms with Crippen LogP contribution >= 0.6 is 47.2 Å². The van der Waals surface area contributed by atoms with E-state index in [2.05, 4.69) is 20.6 Å². The van der Waals surface area contributed by atoms with E-state index in [0.29, 0.717) is 48.2 Å². The largest absolute Gasteiger partial charge is 0.475 e. The predicted molar refractivity (Wildman–Crippen MR) is 121 cm³/mol. The van der Waals surface area contributed by atoms with Crippen LogP contribution in [0.2, 0.25) is 10.0 Å². The summed E-state index contributed by atoms with van der Waals surface area (Å²) in [5.41, 5.74) is 1.86. The predicted octanol–water partition coefficient (Wildman–Crippen LogP) is 3.90. The van der Waals surface area contributed by atoms with Crippen molar-refractivity contribution in [2.45, 2.75) is 13.1 Å². The molecule has 0 amide bonds. The molecule has 2 rings (SSSR count). The number of pyridine rings is 1. The first kappa shape index (κ1) is 23.7. The Morgan fingerprint density at radius 2 is 1.85 bits per heavy atom. The lowest BCUT2D eigenvalue weighted by molar-refractivity contribution is 0.143. The molecule has 2 N–H and O–H groups in total. The van der Waals surface area contributed by atoms with Crippen molar-refractivity contribution in [1.29, 1.82) is 0 Å². The zero-order chi connectivity index (χ0) is 18.8. The maximum atomic E-state index is 6.19. The average Bonchev–Trinajstić information content (AvgIpc) is 2.64. The lowest BCUT2D eigenvalue weighted by atomic mass is 10.2. The Morgan fingerprint density at radius 3 is 2.52 bits per heavy atom. The zero-order valence-corrected chi connectivity index (χ0v) is 19.0. The first-order valence-corrected chi connectivity index (χ1v) is 8.83. The number of methoxy groups -OCH3 is 1. The van der Waals surface area contributed by atoms with E-state index in [4.69, 9.17) is 32.7 Å². The van der Waals surface area contributed by atoms with Crippen LogP contribution in [0.5, 0.6) is 5.88 Å². The number of hydrogen-bond donors (Lipinski definition) is 2. The van der Waals surface area contributed by atoms with Crippen molar-refractivity contribution in [1.82, 2.24) is 15.6 Å². The molecular weight excluding hydrogens is 502 g/mol. The monoisotopic (exact) mass is 524 g/mol. The van der Waals surface area contributed by atoms with Gasteiger partial charge in [0, 0.05) is 49.1 Å². The lowest BCUT2D eigenvalue weighted by Gasteiger charge is -2.14. The Morgan fingerprint density at radius 1 is 1.11 bits per heavy atom. The lowest BCUT2D eigenvalue weighted by Crippen LogP contribution is -2.36. The van der Waals surface area contributed by atoms with Crippen LogP contribution in [0.1, 0.15) is 11.1 Å². The van der Waals surface area contributed by atoms with E-state index in [9.17, 15) is 0 Å². The van der Waals surface area contributed by atoms with Gasteiger partial charge in [0.25, 0.3) is 0 Å². The fourth-order valence-corrected chi connectivity index (χ4v) is 2.63. The van der Waals surface area contributed by atoms with Crippen LogP contribution in [0.3, 0.4) is 0 Å². The van der Waals surface area contributed by atoms with E-state index in [1.807, 2.05) is 18.2 Å². The number of aromatic nitrogens is 1. The van der Waals surface area contributed by atoms with Crippen LogP contribution in [0.25, 0.3) is 0 Å². The van der Waals surface area contributed by atoms with Gasteiger partial charge in [0.15, 0.2) is 5.96 Å². The second kappa shape index (κ2) is 13.0. The maximum Gasteiger partial charge on any atom is 0.218 e. The van der Waals surface area contributed by atoms with Crippen molar-refractivity contribution < 1.29 is 9.47 Å². The first-order valence-electron chi connectivity index (χ1n) is 8.08. The summed E-state index contributed by atoms with van der Waals surface area (Å²) in [5.74, 6) is 1.22. The molecule has 0 aliphatic rings. The Hall–Kier alpha value is -1.29. The second-order valence-corrected chi connectivity index (χ2v) is 6.17. The first-order chi connectivity index (χ1) is 12.6. The number of ether oxygens (including phenoxy) is 2. The Labute approximate surface area is 186 Å². The number of hydrogen-bond acceptors (Lipinski definition) is 4. The molecule has 0 aliphatic carbocycles. The van der Waals surface area contributed by atoms with E-state index >= 15 is 0 Å². The van der Waals surface area contributed by atoms with Gasteiger partial charge in [-0.05, 0) is 23.8 Å². The Kier molecular flexibility index (Phi) is 11.4. The summed E-state index contributed by atoms with van der Waals surface area (Å²) >= 11 is 12.1. The summed E-state index contributed by atoms with van der Waals surface area (Å²) in [6, 6.07) is 9.22. The highest BCUT2D eigenvalue weighted by Crippen LogP contribution is 2.20. The van der Waals surface area contributed by atoms with E-state index in [-0.39, 0.29) is 24.0 Å². The molecule has 0 atom stereocenters. The zero-order valence-electron chi connectivity index (χ0n) is 15.2. The van der Waals surface area contributed by atoms with E-state index in [1.54, 1.807) is 32.5 Å². The van der Waals surface area contributed by atoms with E-state index in [0.717, 1.165) is 11.1 Å². The molecule has 0 spiro atoms. The van der Waals surface area contributed by atoms with Gasteiger partial charge in [-0.3, -0.25) is 4.99 Å². The smallest absolute Gasteiger partial charge is 0.218 e. The summed E-state index contributed by atoms with van der Waals surface area (Å²) in [7, 11) is 3.34. The van der Waals surface area contributed by atoms with Gasteiger partial charge in [-0.25, -0.2) is 4.98 Å². The van der Waals surface area contributed by atoms with Crippen molar-refractivity contribution in [3.8, 4) is 5.88 Å². The highest BCUT2D eigenvalue weighted by Gasteiger charge is 2.07. The van der Waals surface area contributed by atoms with Crippen molar-refractivity contribution in [2.24, 2.45) is 4.99 Å². The Balaban J connectivity index is 0.00000364. The molecule has 0 saturated carbocycles. The number of guanidine groups is 1. The summed E-state index contributed by atoms with van der Waals surface area (Å²) in [6.07, 6.45) is 1.70. The summed E-state index contributed by atoms with van der Waals surface area (Å²) in [5, 5.41) is 7.68.